The molecule has 0 heterocycles. The third kappa shape index (κ3) is 15.5. The van der Waals surface area contributed by atoms with Crippen LogP contribution < -0.4 is 0 Å². The van der Waals surface area contributed by atoms with Gasteiger partial charge in [0.25, 0.3) is 0 Å². The Kier molecular flexibility index (Phi) is 17.4. The van der Waals surface area contributed by atoms with Crippen molar-refractivity contribution in [3.05, 3.63) is 76.4 Å². The second kappa shape index (κ2) is 20.5. The summed E-state index contributed by atoms with van der Waals surface area (Å²) in [6.07, 6.45) is 32.4. The molecular formula is C39H60O2. The summed E-state index contributed by atoms with van der Waals surface area (Å²) in [6, 6.07) is 8.28. The first-order chi connectivity index (χ1) is 19.8. The minimum atomic E-state index is -0.0757. The summed E-state index contributed by atoms with van der Waals surface area (Å²) in [4.78, 5) is 12.1. The smallest absolute Gasteiger partial charge is 0.306 e. The minimum absolute atomic E-state index is 0.0757. The monoisotopic (exact) mass is 560 g/mol. The van der Waals surface area contributed by atoms with Crippen LogP contribution >= 0.6 is 0 Å². The van der Waals surface area contributed by atoms with Gasteiger partial charge in [-0.05, 0) is 61.6 Å². The SMILES string of the molecule is CCCCCCCCCCCCCCCC(=O)OCc1ccc(/C=C/C=C(C)/C=C/C2=C(C)CCCC2(C)C)cc1. The molecule has 1 aromatic rings. The second-order valence-electron chi connectivity index (χ2n) is 12.9. The average Bonchev–Trinajstić information content (AvgIpc) is 2.94. The number of esters is 1. The first kappa shape index (κ1) is 34.8. The van der Waals surface area contributed by atoms with E-state index in [1.165, 1.54) is 107 Å². The number of unbranched alkanes of at least 4 members (excludes halogenated alkanes) is 12. The molecule has 0 spiro atoms. The maximum Gasteiger partial charge on any atom is 0.306 e. The average molecular weight is 561 g/mol. The van der Waals surface area contributed by atoms with Gasteiger partial charge in [-0.15, -0.1) is 0 Å². The number of ether oxygens (including phenoxy) is 1. The van der Waals surface area contributed by atoms with E-state index in [-0.39, 0.29) is 11.4 Å². The van der Waals surface area contributed by atoms with Gasteiger partial charge in [0.2, 0.25) is 0 Å². The molecule has 1 aromatic carbocycles. The highest BCUT2D eigenvalue weighted by molar-refractivity contribution is 5.69. The van der Waals surface area contributed by atoms with E-state index in [0.717, 1.165) is 24.0 Å². The Hall–Kier alpha value is -2.35. The molecule has 41 heavy (non-hydrogen) atoms. The van der Waals surface area contributed by atoms with E-state index < -0.39 is 0 Å². The van der Waals surface area contributed by atoms with Gasteiger partial charge in [0.15, 0.2) is 0 Å². The van der Waals surface area contributed by atoms with Crippen LogP contribution in [-0.4, -0.2) is 5.97 Å². The van der Waals surface area contributed by atoms with E-state index in [4.69, 9.17) is 4.74 Å². The standard InChI is InChI=1S/C39H60O2/c1-6-7-8-9-10-11-12-13-14-15-16-17-18-24-38(40)41-32-36-28-26-35(27-29-36)23-19-21-33(2)25-30-37-34(3)22-20-31-39(37,4)5/h19,21,23,25-30H,6-18,20,22,24,31-32H2,1-5H3/b23-19+,30-25+,33-21+. The van der Waals surface area contributed by atoms with Crippen LogP contribution in [0.1, 0.15) is 155 Å². The van der Waals surface area contributed by atoms with E-state index in [2.05, 4.69) is 89.3 Å². The van der Waals surface area contributed by atoms with Crippen molar-refractivity contribution in [1.82, 2.24) is 0 Å². The zero-order chi connectivity index (χ0) is 29.8. The highest BCUT2D eigenvalue weighted by atomic mass is 16.5. The number of carbonyl (C=O) groups is 1. The fourth-order valence-corrected chi connectivity index (χ4v) is 5.84. The van der Waals surface area contributed by atoms with Crippen LogP contribution in [0.3, 0.4) is 0 Å². The summed E-state index contributed by atoms with van der Waals surface area (Å²) < 4.78 is 5.51. The van der Waals surface area contributed by atoms with Gasteiger partial charge < -0.3 is 4.74 Å². The Morgan fingerprint density at radius 1 is 0.854 bits per heavy atom. The first-order valence-electron chi connectivity index (χ1n) is 16.8. The van der Waals surface area contributed by atoms with Crippen LogP contribution in [0.2, 0.25) is 0 Å². The molecule has 0 atom stereocenters. The molecule has 0 unspecified atom stereocenters. The Morgan fingerprint density at radius 2 is 1.44 bits per heavy atom. The normalized spacial score (nSPS) is 15.8. The van der Waals surface area contributed by atoms with Gasteiger partial charge in [0.05, 0.1) is 0 Å². The zero-order valence-corrected chi connectivity index (χ0v) is 27.2. The summed E-state index contributed by atoms with van der Waals surface area (Å²) in [5, 5.41) is 0. The lowest BCUT2D eigenvalue weighted by Gasteiger charge is -2.32. The maximum atomic E-state index is 12.1. The van der Waals surface area contributed by atoms with Gasteiger partial charge in [-0.2, -0.15) is 0 Å². The van der Waals surface area contributed by atoms with Crippen LogP contribution in [0.25, 0.3) is 6.08 Å². The van der Waals surface area contributed by atoms with Crippen LogP contribution in [0.15, 0.2) is 65.3 Å². The molecule has 0 aliphatic heterocycles. The van der Waals surface area contributed by atoms with Crippen molar-refractivity contribution < 1.29 is 9.53 Å². The number of hydrogen-bond donors (Lipinski definition) is 0. The summed E-state index contributed by atoms with van der Waals surface area (Å²) in [5.41, 5.74) is 6.74. The van der Waals surface area contributed by atoms with Crippen LogP contribution in [0.5, 0.6) is 0 Å². The summed E-state index contributed by atoms with van der Waals surface area (Å²) in [7, 11) is 0. The quantitative estimate of drug-likeness (QED) is 0.0900. The van der Waals surface area contributed by atoms with E-state index in [1.54, 1.807) is 0 Å². The topological polar surface area (TPSA) is 26.3 Å². The molecule has 2 rings (SSSR count). The molecule has 0 amide bonds. The van der Waals surface area contributed by atoms with Gasteiger partial charge >= 0.3 is 5.97 Å². The molecule has 0 aromatic heterocycles. The third-order valence-electron chi connectivity index (χ3n) is 8.57. The first-order valence-corrected chi connectivity index (χ1v) is 16.8. The van der Waals surface area contributed by atoms with Gasteiger partial charge in [-0.1, -0.05) is 164 Å². The number of carbonyl (C=O) groups excluding carboxylic acids is 1. The van der Waals surface area contributed by atoms with Crippen molar-refractivity contribution in [3.63, 3.8) is 0 Å². The number of rotatable bonds is 20. The highest BCUT2D eigenvalue weighted by Gasteiger charge is 2.26. The van der Waals surface area contributed by atoms with Crippen molar-refractivity contribution >= 4 is 12.0 Å². The molecule has 1 aliphatic carbocycles. The Balaban J connectivity index is 1.57. The molecule has 2 heteroatoms. The molecule has 0 bridgehead atoms. The Labute approximate surface area is 253 Å². The van der Waals surface area contributed by atoms with Gasteiger partial charge in [0.1, 0.15) is 6.61 Å². The predicted molar refractivity (Wildman–Crippen MR) is 179 cm³/mol. The van der Waals surface area contributed by atoms with Crippen molar-refractivity contribution in [2.24, 2.45) is 5.41 Å². The largest absolute Gasteiger partial charge is 0.461 e. The minimum Gasteiger partial charge on any atom is -0.461 e. The summed E-state index contributed by atoms with van der Waals surface area (Å²) in [6.45, 7) is 11.8. The number of allylic oxidation sites excluding steroid dienone is 7. The molecule has 0 fully saturated rings. The fourth-order valence-electron chi connectivity index (χ4n) is 5.84. The van der Waals surface area contributed by atoms with E-state index >= 15 is 0 Å². The van der Waals surface area contributed by atoms with Crippen LogP contribution in [0.4, 0.5) is 0 Å². The molecule has 2 nitrogen and oxygen atoms in total. The molecular weight excluding hydrogens is 500 g/mol. The third-order valence-corrected chi connectivity index (χ3v) is 8.57. The van der Waals surface area contributed by atoms with Crippen molar-refractivity contribution in [1.29, 1.82) is 0 Å². The fraction of sp³-hybridized carbons (Fsp3) is 0.615. The van der Waals surface area contributed by atoms with E-state index in [1.807, 2.05) is 0 Å². The number of benzene rings is 1. The Morgan fingerprint density at radius 3 is 2.02 bits per heavy atom. The van der Waals surface area contributed by atoms with E-state index in [0.29, 0.717) is 13.0 Å². The highest BCUT2D eigenvalue weighted by Crippen LogP contribution is 2.40. The molecule has 0 saturated heterocycles. The lowest BCUT2D eigenvalue weighted by molar-refractivity contribution is -0.145. The molecule has 0 N–H and O–H groups in total. The van der Waals surface area contributed by atoms with Crippen LogP contribution in [0, 0.1) is 5.41 Å². The second-order valence-corrected chi connectivity index (χ2v) is 12.9. The molecule has 0 radical (unpaired) electrons. The number of hydrogen-bond acceptors (Lipinski definition) is 2. The Bertz CT molecular complexity index is 987. The van der Waals surface area contributed by atoms with Gasteiger partial charge in [0, 0.05) is 6.42 Å². The molecule has 0 saturated carbocycles. The lowest BCUT2D eigenvalue weighted by atomic mass is 9.72. The van der Waals surface area contributed by atoms with Crippen molar-refractivity contribution in [2.45, 2.75) is 150 Å². The maximum absolute atomic E-state index is 12.1. The van der Waals surface area contributed by atoms with Crippen molar-refractivity contribution in [3.8, 4) is 0 Å². The van der Waals surface area contributed by atoms with E-state index in [9.17, 15) is 4.79 Å². The summed E-state index contributed by atoms with van der Waals surface area (Å²) >= 11 is 0. The molecule has 228 valence electrons. The predicted octanol–water partition coefficient (Wildman–Crippen LogP) is 12.3. The zero-order valence-electron chi connectivity index (χ0n) is 27.2. The van der Waals surface area contributed by atoms with Gasteiger partial charge in [-0.3, -0.25) is 4.79 Å². The van der Waals surface area contributed by atoms with Crippen LogP contribution in [-0.2, 0) is 16.1 Å². The summed E-state index contributed by atoms with van der Waals surface area (Å²) in [5.74, 6) is -0.0757. The van der Waals surface area contributed by atoms with Gasteiger partial charge in [-0.25, -0.2) is 0 Å². The lowest BCUT2D eigenvalue weighted by Crippen LogP contribution is -2.19. The molecule has 1 aliphatic rings. The van der Waals surface area contributed by atoms with Crippen molar-refractivity contribution in [2.75, 3.05) is 0 Å².